The quantitative estimate of drug-likeness (QED) is 0.313. The first-order valence-corrected chi connectivity index (χ1v) is 9.87. The summed E-state index contributed by atoms with van der Waals surface area (Å²) in [5.41, 5.74) is 3.81. The highest BCUT2D eigenvalue weighted by atomic mass is 16.4. The Bertz CT molecular complexity index is 1560. The predicted molar refractivity (Wildman–Crippen MR) is 124 cm³/mol. The first-order chi connectivity index (χ1) is 14.9. The van der Waals surface area contributed by atoms with Crippen LogP contribution in [0.3, 0.4) is 0 Å². The van der Waals surface area contributed by atoms with Crippen LogP contribution in [0, 0.1) is 0 Å². The number of aromatic carboxylic acids is 1. The third-order valence-electron chi connectivity index (χ3n) is 5.60. The lowest BCUT2D eigenvalue weighted by molar-refractivity contribution is 0.0697. The average molecular weight is 409 g/mol. The first kappa shape index (κ1) is 18.9. The minimum absolute atomic E-state index is 0.0704. The normalized spacial score (nSPS) is 11.3. The van der Waals surface area contributed by atoms with Crippen LogP contribution in [0.1, 0.15) is 10.4 Å². The molecule has 0 fully saturated rings. The summed E-state index contributed by atoms with van der Waals surface area (Å²) in [5.74, 6) is -0.987. The van der Waals surface area contributed by atoms with E-state index in [0.717, 1.165) is 32.8 Å². The molecular weight excluding hydrogens is 390 g/mol. The van der Waals surface area contributed by atoms with Gasteiger partial charge in [0.15, 0.2) is 5.43 Å². The zero-order chi connectivity index (χ0) is 21.7. The van der Waals surface area contributed by atoms with Crippen molar-refractivity contribution in [3.05, 3.63) is 88.6 Å². The van der Waals surface area contributed by atoms with Crippen LogP contribution in [0.2, 0.25) is 0 Å². The first-order valence-electron chi connectivity index (χ1n) is 9.87. The van der Waals surface area contributed by atoms with Gasteiger partial charge in [0, 0.05) is 47.6 Å². The summed E-state index contributed by atoms with van der Waals surface area (Å²) < 4.78 is 6.38. The Morgan fingerprint density at radius 2 is 1.61 bits per heavy atom. The number of carboxylic acids is 1. The van der Waals surface area contributed by atoms with E-state index >= 15 is 0 Å². The molecule has 0 aliphatic carbocycles. The van der Waals surface area contributed by atoms with Crippen LogP contribution < -0.4 is 10.3 Å². The molecule has 0 bridgehead atoms. The molecule has 0 amide bonds. The Morgan fingerprint density at radius 1 is 0.871 bits per heavy atom. The van der Waals surface area contributed by atoms with Gasteiger partial charge in [0.1, 0.15) is 11.2 Å². The molecule has 1 N–H and O–H groups in total. The molecule has 0 radical (unpaired) electrons. The van der Waals surface area contributed by atoms with E-state index in [2.05, 4.69) is 0 Å². The highest BCUT2D eigenvalue weighted by molar-refractivity contribution is 6.17. The van der Waals surface area contributed by atoms with Gasteiger partial charge in [0.2, 0.25) is 0 Å². The number of rotatable bonds is 3. The lowest BCUT2D eigenvalue weighted by Gasteiger charge is -2.17. The van der Waals surface area contributed by atoms with Crippen molar-refractivity contribution in [1.82, 2.24) is 0 Å². The Balaban J connectivity index is 2.01. The van der Waals surface area contributed by atoms with Gasteiger partial charge in [0.05, 0.1) is 5.56 Å². The van der Waals surface area contributed by atoms with Crippen molar-refractivity contribution in [3.63, 3.8) is 0 Å². The third-order valence-corrected chi connectivity index (χ3v) is 5.60. The monoisotopic (exact) mass is 409 g/mol. The Kier molecular flexibility index (Phi) is 4.26. The van der Waals surface area contributed by atoms with E-state index < -0.39 is 5.97 Å². The summed E-state index contributed by atoms with van der Waals surface area (Å²) in [4.78, 5) is 25.8. The molecule has 5 aromatic rings. The van der Waals surface area contributed by atoms with Gasteiger partial charge in [-0.05, 0) is 53.4 Å². The molecule has 0 aliphatic heterocycles. The molecule has 5 rings (SSSR count). The molecule has 0 unspecified atom stereocenters. The third kappa shape index (κ3) is 3.02. The van der Waals surface area contributed by atoms with Crippen molar-refractivity contribution < 1.29 is 14.3 Å². The van der Waals surface area contributed by atoms with Crippen molar-refractivity contribution in [2.45, 2.75) is 0 Å². The van der Waals surface area contributed by atoms with Gasteiger partial charge in [0.25, 0.3) is 0 Å². The lowest BCUT2D eigenvalue weighted by atomic mass is 9.92. The molecule has 1 aromatic heterocycles. The standard InChI is InChI=1S/C26H19NO4/c1-27(2)16-8-11-21-23(14-16)31-25-18-12-9-17(28)13-15(18)7-10-22(25)24(21)19-5-3-4-6-20(19)26(29)30/h3-14H,1-2H3,(H,29,30). The lowest BCUT2D eigenvalue weighted by Crippen LogP contribution is -2.08. The second kappa shape index (κ2) is 6.99. The number of carbonyl (C=O) groups is 1. The van der Waals surface area contributed by atoms with Gasteiger partial charge in [-0.3, -0.25) is 4.79 Å². The summed E-state index contributed by atoms with van der Waals surface area (Å²) in [5, 5.41) is 13.0. The average Bonchev–Trinajstić information content (AvgIpc) is 2.76. The van der Waals surface area contributed by atoms with Crippen LogP contribution in [-0.2, 0) is 0 Å². The molecule has 0 aliphatic rings. The second-order valence-electron chi connectivity index (χ2n) is 7.73. The summed E-state index contributed by atoms with van der Waals surface area (Å²) in [6.45, 7) is 0. The summed E-state index contributed by atoms with van der Waals surface area (Å²) in [6.07, 6.45) is 0. The van der Waals surface area contributed by atoms with Crippen LogP contribution in [-0.4, -0.2) is 25.2 Å². The van der Waals surface area contributed by atoms with Crippen molar-refractivity contribution in [1.29, 1.82) is 0 Å². The Labute approximate surface area is 177 Å². The molecule has 5 nitrogen and oxygen atoms in total. The van der Waals surface area contributed by atoms with Crippen molar-refractivity contribution in [2.24, 2.45) is 0 Å². The van der Waals surface area contributed by atoms with Crippen LogP contribution in [0.5, 0.6) is 0 Å². The van der Waals surface area contributed by atoms with E-state index in [1.807, 2.05) is 61.5 Å². The van der Waals surface area contributed by atoms with E-state index in [9.17, 15) is 14.7 Å². The van der Waals surface area contributed by atoms with Gasteiger partial charge in [-0.15, -0.1) is 0 Å². The zero-order valence-corrected chi connectivity index (χ0v) is 17.0. The molecule has 4 aromatic carbocycles. The van der Waals surface area contributed by atoms with E-state index in [0.29, 0.717) is 16.7 Å². The number of fused-ring (bicyclic) bond motifs is 4. The van der Waals surface area contributed by atoms with Gasteiger partial charge in [-0.1, -0.05) is 24.3 Å². The minimum Gasteiger partial charge on any atom is -0.478 e. The Hall–Kier alpha value is -4.12. The van der Waals surface area contributed by atoms with Gasteiger partial charge < -0.3 is 14.4 Å². The van der Waals surface area contributed by atoms with E-state index in [1.165, 1.54) is 6.07 Å². The maximum Gasteiger partial charge on any atom is 0.336 e. The Morgan fingerprint density at radius 3 is 2.39 bits per heavy atom. The topological polar surface area (TPSA) is 70.8 Å². The van der Waals surface area contributed by atoms with E-state index in [-0.39, 0.29) is 11.0 Å². The smallest absolute Gasteiger partial charge is 0.336 e. The molecule has 0 atom stereocenters. The SMILES string of the molecule is CN(C)c1ccc2c(-c3ccccc3C(=O)O)c3ccc4cc(=O)ccc4c3oc2c1. The van der Waals surface area contributed by atoms with Gasteiger partial charge >= 0.3 is 5.97 Å². The van der Waals surface area contributed by atoms with E-state index in [4.69, 9.17) is 4.42 Å². The maximum absolute atomic E-state index is 12.0. The molecule has 0 saturated heterocycles. The van der Waals surface area contributed by atoms with Crippen molar-refractivity contribution >= 4 is 44.4 Å². The van der Waals surface area contributed by atoms with Crippen LogP contribution in [0.15, 0.2) is 82.0 Å². The zero-order valence-electron chi connectivity index (χ0n) is 17.0. The summed E-state index contributed by atoms with van der Waals surface area (Å²) >= 11 is 0. The van der Waals surface area contributed by atoms with Crippen molar-refractivity contribution in [2.75, 3.05) is 19.0 Å². The molecule has 5 heteroatoms. The molecule has 152 valence electrons. The number of hydrogen-bond donors (Lipinski definition) is 1. The van der Waals surface area contributed by atoms with Crippen LogP contribution >= 0.6 is 0 Å². The van der Waals surface area contributed by atoms with Crippen LogP contribution in [0.4, 0.5) is 5.69 Å². The molecule has 0 spiro atoms. The maximum atomic E-state index is 12.0. The number of hydrogen-bond acceptors (Lipinski definition) is 4. The number of nitrogens with zero attached hydrogens (tertiary/aromatic N) is 1. The van der Waals surface area contributed by atoms with Crippen molar-refractivity contribution in [3.8, 4) is 11.1 Å². The van der Waals surface area contributed by atoms with Gasteiger partial charge in [-0.25, -0.2) is 4.79 Å². The minimum atomic E-state index is -0.987. The van der Waals surface area contributed by atoms with Crippen LogP contribution in [0.25, 0.3) is 43.8 Å². The fourth-order valence-corrected chi connectivity index (χ4v) is 4.10. The number of anilines is 1. The second-order valence-corrected chi connectivity index (χ2v) is 7.73. The fourth-order valence-electron chi connectivity index (χ4n) is 4.10. The highest BCUT2D eigenvalue weighted by Gasteiger charge is 2.19. The van der Waals surface area contributed by atoms with Gasteiger partial charge in [-0.2, -0.15) is 0 Å². The summed E-state index contributed by atoms with van der Waals surface area (Å²) in [6, 6.07) is 21.5. The molecule has 1 heterocycles. The molecular formula is C26H19NO4. The molecule has 31 heavy (non-hydrogen) atoms. The van der Waals surface area contributed by atoms with E-state index in [1.54, 1.807) is 24.3 Å². The fraction of sp³-hybridized carbons (Fsp3) is 0.0769. The summed E-state index contributed by atoms with van der Waals surface area (Å²) in [7, 11) is 3.90. The number of benzene rings is 4. The largest absolute Gasteiger partial charge is 0.478 e. The molecule has 0 saturated carbocycles. The highest BCUT2D eigenvalue weighted by Crippen LogP contribution is 2.41. The predicted octanol–water partition coefficient (Wildman–Crippen LogP) is 5.53. The number of carboxylic acid groups (broad SMARTS) is 1.